The first-order chi connectivity index (χ1) is 5.84. The Morgan fingerprint density at radius 3 is 2.92 bits per heavy atom. The average Bonchev–Trinajstić information content (AvgIpc) is 2.09. The monoisotopic (exact) mass is 159 g/mol. The lowest BCUT2D eigenvalue weighted by Crippen LogP contribution is -1.83. The third kappa shape index (κ3) is 2.10. The molecule has 0 amide bonds. The van der Waals surface area contributed by atoms with Crippen molar-refractivity contribution in [3.63, 3.8) is 0 Å². The molecule has 0 aromatic heterocycles. The molecule has 60 valence electrons. The number of nitrogens with zero attached hydrogens (tertiary/aromatic N) is 2. The van der Waals surface area contributed by atoms with Crippen molar-refractivity contribution in [1.82, 2.24) is 0 Å². The van der Waals surface area contributed by atoms with Crippen molar-refractivity contribution in [1.29, 1.82) is 5.26 Å². The predicted molar refractivity (Wildman–Crippen MR) is 49.2 cm³/mol. The van der Waals surface area contributed by atoms with Crippen LogP contribution >= 0.6 is 0 Å². The molecule has 0 bridgehead atoms. The Morgan fingerprint density at radius 2 is 2.25 bits per heavy atom. The van der Waals surface area contributed by atoms with Crippen molar-refractivity contribution in [2.24, 2.45) is 4.99 Å². The number of para-hydroxylation sites is 2. The van der Waals surface area contributed by atoms with E-state index in [2.05, 4.69) is 4.99 Å². The van der Waals surface area contributed by atoms with Gasteiger partial charge in [0.25, 0.3) is 0 Å². The maximum Gasteiger partial charge on any atom is 0.0855 e. The van der Waals surface area contributed by atoms with Crippen LogP contribution in [0.5, 0.6) is 0 Å². The maximum absolute atomic E-state index is 8.24. The topological polar surface area (TPSA) is 62.2 Å². The molecule has 0 heterocycles. The third-order valence-electron chi connectivity index (χ3n) is 1.35. The van der Waals surface area contributed by atoms with E-state index in [0.29, 0.717) is 17.8 Å². The van der Waals surface area contributed by atoms with Crippen LogP contribution < -0.4 is 5.73 Å². The van der Waals surface area contributed by atoms with Crippen LogP contribution in [0.3, 0.4) is 0 Å². The molecule has 0 aliphatic rings. The zero-order valence-electron chi connectivity index (χ0n) is 6.57. The highest BCUT2D eigenvalue weighted by Gasteiger charge is 1.91. The molecule has 0 aliphatic heterocycles. The van der Waals surface area contributed by atoms with E-state index < -0.39 is 0 Å². The zero-order valence-corrected chi connectivity index (χ0v) is 6.57. The smallest absolute Gasteiger partial charge is 0.0855 e. The molecule has 12 heavy (non-hydrogen) atoms. The van der Waals surface area contributed by atoms with Gasteiger partial charge in [-0.25, -0.2) is 0 Å². The lowest BCUT2D eigenvalue weighted by Gasteiger charge is -1.96. The first-order valence-electron chi connectivity index (χ1n) is 3.58. The Balaban J connectivity index is 2.77. The second kappa shape index (κ2) is 4.14. The SMILES string of the molecule is N#CCC=Nc1ccccc1N. The number of hydrogen-bond donors (Lipinski definition) is 1. The highest BCUT2D eigenvalue weighted by molar-refractivity contribution is 5.71. The van der Waals surface area contributed by atoms with E-state index in [1.807, 2.05) is 24.3 Å². The Bertz CT molecular complexity index is 323. The Hall–Kier alpha value is -1.82. The molecule has 0 atom stereocenters. The van der Waals surface area contributed by atoms with Gasteiger partial charge in [-0.05, 0) is 12.1 Å². The van der Waals surface area contributed by atoms with Crippen molar-refractivity contribution in [2.75, 3.05) is 5.73 Å². The standard InChI is InChI=1S/C9H9N3/c10-6-3-7-12-9-5-2-1-4-8(9)11/h1-2,4-5,7H,3,11H2. The Morgan fingerprint density at radius 1 is 1.50 bits per heavy atom. The summed E-state index contributed by atoms with van der Waals surface area (Å²) in [4.78, 5) is 4.02. The normalized spacial score (nSPS) is 9.92. The largest absolute Gasteiger partial charge is 0.397 e. The number of rotatable bonds is 2. The number of nitrogens with two attached hydrogens (primary N) is 1. The lowest BCUT2D eigenvalue weighted by molar-refractivity contribution is 1.41. The van der Waals surface area contributed by atoms with Gasteiger partial charge in [0.2, 0.25) is 0 Å². The van der Waals surface area contributed by atoms with Crippen LogP contribution in [0.4, 0.5) is 11.4 Å². The summed E-state index contributed by atoms with van der Waals surface area (Å²) in [5, 5.41) is 8.24. The highest BCUT2D eigenvalue weighted by atomic mass is 14.8. The lowest BCUT2D eigenvalue weighted by atomic mass is 10.3. The summed E-state index contributed by atoms with van der Waals surface area (Å²) in [5.74, 6) is 0. The second-order valence-corrected chi connectivity index (χ2v) is 2.23. The number of aliphatic imine (C=N–C) groups is 1. The van der Waals surface area contributed by atoms with Gasteiger partial charge < -0.3 is 5.73 Å². The van der Waals surface area contributed by atoms with Gasteiger partial charge in [0.15, 0.2) is 0 Å². The minimum absolute atomic E-state index is 0.314. The average molecular weight is 159 g/mol. The predicted octanol–water partition coefficient (Wildman–Crippen LogP) is 1.88. The third-order valence-corrected chi connectivity index (χ3v) is 1.35. The summed E-state index contributed by atoms with van der Waals surface area (Å²) >= 11 is 0. The number of benzene rings is 1. The van der Waals surface area contributed by atoms with Gasteiger partial charge in [0.05, 0.1) is 23.9 Å². The fourth-order valence-corrected chi connectivity index (χ4v) is 0.790. The molecule has 3 heteroatoms. The van der Waals surface area contributed by atoms with Gasteiger partial charge in [0.1, 0.15) is 0 Å². The van der Waals surface area contributed by atoms with Crippen molar-refractivity contribution >= 4 is 17.6 Å². The van der Waals surface area contributed by atoms with E-state index in [1.54, 1.807) is 12.3 Å². The Kier molecular flexibility index (Phi) is 2.86. The summed E-state index contributed by atoms with van der Waals surface area (Å²) in [7, 11) is 0. The number of nitriles is 1. The molecule has 2 N–H and O–H groups in total. The van der Waals surface area contributed by atoms with Crippen LogP contribution in [0, 0.1) is 11.3 Å². The summed E-state index contributed by atoms with van der Waals surface area (Å²) < 4.78 is 0. The molecule has 1 aromatic carbocycles. The van der Waals surface area contributed by atoms with Gasteiger partial charge in [0, 0.05) is 6.21 Å². The van der Waals surface area contributed by atoms with E-state index in [4.69, 9.17) is 11.0 Å². The first kappa shape index (κ1) is 8.28. The van der Waals surface area contributed by atoms with Crippen LogP contribution in [0.15, 0.2) is 29.3 Å². The molecule has 0 spiro atoms. The van der Waals surface area contributed by atoms with Gasteiger partial charge in [-0.15, -0.1) is 0 Å². The molecule has 1 rings (SSSR count). The molecule has 0 saturated carbocycles. The van der Waals surface area contributed by atoms with Crippen molar-refractivity contribution in [3.8, 4) is 6.07 Å². The number of nitrogen functional groups attached to an aromatic ring is 1. The van der Waals surface area contributed by atoms with Gasteiger partial charge in [-0.3, -0.25) is 4.99 Å². The second-order valence-electron chi connectivity index (χ2n) is 2.23. The maximum atomic E-state index is 8.24. The molecular formula is C9H9N3. The number of hydrogen-bond acceptors (Lipinski definition) is 3. The Labute approximate surface area is 71.2 Å². The van der Waals surface area contributed by atoms with E-state index in [1.165, 1.54) is 0 Å². The number of anilines is 1. The summed E-state index contributed by atoms with van der Waals surface area (Å²) in [5.41, 5.74) is 6.95. The highest BCUT2D eigenvalue weighted by Crippen LogP contribution is 2.19. The molecule has 0 radical (unpaired) electrons. The molecular weight excluding hydrogens is 150 g/mol. The zero-order chi connectivity index (χ0) is 8.81. The van der Waals surface area contributed by atoms with E-state index in [9.17, 15) is 0 Å². The minimum atomic E-state index is 0.314. The molecule has 0 fully saturated rings. The fourth-order valence-electron chi connectivity index (χ4n) is 0.790. The van der Waals surface area contributed by atoms with E-state index in [-0.39, 0.29) is 0 Å². The van der Waals surface area contributed by atoms with Crippen molar-refractivity contribution < 1.29 is 0 Å². The minimum Gasteiger partial charge on any atom is -0.397 e. The van der Waals surface area contributed by atoms with Crippen LogP contribution in [-0.2, 0) is 0 Å². The molecule has 3 nitrogen and oxygen atoms in total. The van der Waals surface area contributed by atoms with Gasteiger partial charge >= 0.3 is 0 Å². The van der Waals surface area contributed by atoms with Crippen LogP contribution in [0.25, 0.3) is 0 Å². The molecule has 0 unspecified atom stereocenters. The van der Waals surface area contributed by atoms with Crippen molar-refractivity contribution in [2.45, 2.75) is 6.42 Å². The van der Waals surface area contributed by atoms with Crippen molar-refractivity contribution in [3.05, 3.63) is 24.3 Å². The molecule has 1 aromatic rings. The molecule has 0 saturated heterocycles. The van der Waals surface area contributed by atoms with Gasteiger partial charge in [-0.1, -0.05) is 12.1 Å². The summed E-state index contributed by atoms with van der Waals surface area (Å²) in [6.07, 6.45) is 1.86. The summed E-state index contributed by atoms with van der Waals surface area (Å²) in [6, 6.07) is 9.26. The van der Waals surface area contributed by atoms with Crippen LogP contribution in [0.1, 0.15) is 6.42 Å². The fraction of sp³-hybridized carbons (Fsp3) is 0.111. The van der Waals surface area contributed by atoms with E-state index in [0.717, 1.165) is 0 Å². The quantitative estimate of drug-likeness (QED) is 0.529. The first-order valence-corrected chi connectivity index (χ1v) is 3.58. The molecule has 0 aliphatic carbocycles. The van der Waals surface area contributed by atoms with Crippen LogP contribution in [-0.4, -0.2) is 6.21 Å². The summed E-state index contributed by atoms with van der Waals surface area (Å²) in [6.45, 7) is 0. The van der Waals surface area contributed by atoms with E-state index >= 15 is 0 Å². The van der Waals surface area contributed by atoms with Gasteiger partial charge in [-0.2, -0.15) is 5.26 Å². The van der Waals surface area contributed by atoms with Crippen LogP contribution in [0.2, 0.25) is 0 Å².